The first-order valence-electron chi connectivity index (χ1n) is 3.73. The molecule has 0 aromatic heterocycles. The van der Waals surface area contributed by atoms with Crippen molar-refractivity contribution in [2.45, 2.75) is 0 Å². The normalized spacial score (nSPS) is 8.77. The lowest BCUT2D eigenvalue weighted by molar-refractivity contribution is 1.12. The number of halogens is 1. The second kappa shape index (κ2) is 4.72. The zero-order chi connectivity index (χ0) is 9.14. The second-order valence-electron chi connectivity index (χ2n) is 2.83. The number of nitrogens with two attached hydrogens (primary N) is 1. The minimum Gasteiger partial charge on any atom is -0.384 e. The molecule has 0 aliphatic rings. The largest absolute Gasteiger partial charge is 0.384 e. The van der Waals surface area contributed by atoms with E-state index < -0.39 is 0 Å². The van der Waals surface area contributed by atoms with Crippen LogP contribution in [0.1, 0.15) is 5.56 Å². The molecule has 0 aliphatic heterocycles. The number of nitrogens with one attached hydrogen (secondary N) is 1. The van der Waals surface area contributed by atoms with Gasteiger partial charge in [-0.15, -0.1) is 12.4 Å². The first-order chi connectivity index (χ1) is 5.63. The van der Waals surface area contributed by atoms with E-state index in [9.17, 15) is 0 Å². The van der Waals surface area contributed by atoms with Crippen molar-refractivity contribution in [2.75, 3.05) is 19.0 Å². The van der Waals surface area contributed by atoms with E-state index in [0.29, 0.717) is 0 Å². The second-order valence-corrected chi connectivity index (χ2v) is 2.83. The Morgan fingerprint density at radius 3 is 2.23 bits per heavy atom. The van der Waals surface area contributed by atoms with Crippen LogP contribution in [0.5, 0.6) is 0 Å². The lowest BCUT2D eigenvalue weighted by atomic mass is 10.1. The van der Waals surface area contributed by atoms with Crippen LogP contribution in [-0.4, -0.2) is 19.9 Å². The molecule has 3 nitrogen and oxygen atoms in total. The summed E-state index contributed by atoms with van der Waals surface area (Å²) in [5.74, 6) is 0.110. The molecule has 0 bridgehead atoms. The average molecular weight is 200 g/mol. The molecule has 0 amide bonds. The van der Waals surface area contributed by atoms with Crippen LogP contribution in [0.3, 0.4) is 0 Å². The van der Waals surface area contributed by atoms with Crippen LogP contribution >= 0.6 is 12.4 Å². The molecular weight excluding hydrogens is 186 g/mol. The van der Waals surface area contributed by atoms with Gasteiger partial charge in [-0.1, -0.05) is 12.1 Å². The fourth-order valence-electron chi connectivity index (χ4n) is 1.09. The summed E-state index contributed by atoms with van der Waals surface area (Å²) in [4.78, 5) is 1.94. The van der Waals surface area contributed by atoms with Gasteiger partial charge >= 0.3 is 0 Å². The first-order valence-corrected chi connectivity index (χ1v) is 3.73. The van der Waals surface area contributed by atoms with E-state index in [2.05, 4.69) is 0 Å². The average Bonchev–Trinajstić information content (AvgIpc) is 2.04. The summed E-state index contributed by atoms with van der Waals surface area (Å²) in [6.45, 7) is 0. The smallest absolute Gasteiger partial charge is 0.124 e. The molecule has 4 heteroatoms. The minimum absolute atomic E-state index is 0. The number of rotatable bonds is 2. The lowest BCUT2D eigenvalue weighted by Crippen LogP contribution is -2.18. The molecule has 0 heterocycles. The van der Waals surface area contributed by atoms with E-state index in [-0.39, 0.29) is 18.2 Å². The summed E-state index contributed by atoms with van der Waals surface area (Å²) in [6.07, 6.45) is 0. The maximum Gasteiger partial charge on any atom is 0.124 e. The fourth-order valence-corrected chi connectivity index (χ4v) is 1.09. The number of para-hydroxylation sites is 1. The predicted molar refractivity (Wildman–Crippen MR) is 59.0 cm³/mol. The third-order valence-electron chi connectivity index (χ3n) is 1.68. The molecule has 13 heavy (non-hydrogen) atoms. The molecule has 0 fully saturated rings. The lowest BCUT2D eigenvalue weighted by Gasteiger charge is -2.15. The van der Waals surface area contributed by atoms with E-state index in [1.807, 2.05) is 43.3 Å². The topological polar surface area (TPSA) is 53.1 Å². The van der Waals surface area contributed by atoms with Crippen molar-refractivity contribution in [3.05, 3.63) is 29.8 Å². The van der Waals surface area contributed by atoms with Crippen molar-refractivity contribution < 1.29 is 0 Å². The Labute approximate surface area is 84.5 Å². The standard InChI is InChI=1S/C9H13N3.ClH/c1-12(2)8-6-4-3-5-7(8)9(10)11;/h3-6H,1-2H3,(H3,10,11);1H. The van der Waals surface area contributed by atoms with Gasteiger partial charge in [0, 0.05) is 25.3 Å². The third kappa shape index (κ3) is 2.63. The fraction of sp³-hybridized carbons (Fsp3) is 0.222. The van der Waals surface area contributed by atoms with E-state index in [4.69, 9.17) is 11.1 Å². The molecule has 1 aromatic carbocycles. The highest BCUT2D eigenvalue weighted by molar-refractivity contribution is 6.00. The zero-order valence-corrected chi connectivity index (χ0v) is 8.56. The predicted octanol–water partition coefficient (Wildman–Crippen LogP) is 1.46. The van der Waals surface area contributed by atoms with Crippen LogP contribution in [0.25, 0.3) is 0 Å². The van der Waals surface area contributed by atoms with Crippen LogP contribution in [0.15, 0.2) is 24.3 Å². The van der Waals surface area contributed by atoms with Crippen molar-refractivity contribution in [3.63, 3.8) is 0 Å². The quantitative estimate of drug-likeness (QED) is 0.560. The highest BCUT2D eigenvalue weighted by Crippen LogP contribution is 2.16. The Morgan fingerprint density at radius 1 is 1.31 bits per heavy atom. The summed E-state index contributed by atoms with van der Waals surface area (Å²) in [7, 11) is 3.86. The molecule has 0 aliphatic carbocycles. The number of nitrogen functional groups attached to an aromatic ring is 1. The van der Waals surface area contributed by atoms with E-state index in [1.165, 1.54) is 0 Å². The Bertz CT molecular complexity index is 297. The van der Waals surface area contributed by atoms with Crippen LogP contribution < -0.4 is 10.6 Å². The third-order valence-corrected chi connectivity index (χ3v) is 1.68. The Balaban J connectivity index is 0.00000144. The highest BCUT2D eigenvalue weighted by atomic mass is 35.5. The molecule has 0 spiro atoms. The first kappa shape index (κ1) is 11.8. The molecule has 0 radical (unpaired) electrons. The molecule has 0 atom stereocenters. The van der Waals surface area contributed by atoms with Crippen LogP contribution in [0.2, 0.25) is 0 Å². The van der Waals surface area contributed by atoms with Crippen molar-refractivity contribution in [2.24, 2.45) is 5.73 Å². The minimum atomic E-state index is 0. The zero-order valence-electron chi connectivity index (χ0n) is 7.74. The van der Waals surface area contributed by atoms with Gasteiger partial charge in [0.1, 0.15) is 5.84 Å². The van der Waals surface area contributed by atoms with Gasteiger partial charge in [-0.25, -0.2) is 0 Å². The molecular formula is C9H14ClN3. The van der Waals surface area contributed by atoms with Crippen molar-refractivity contribution in [3.8, 4) is 0 Å². The molecule has 0 saturated heterocycles. The Hall–Kier alpha value is -1.22. The number of amidine groups is 1. The Morgan fingerprint density at radius 2 is 1.85 bits per heavy atom. The summed E-state index contributed by atoms with van der Waals surface area (Å²) < 4.78 is 0. The summed E-state index contributed by atoms with van der Waals surface area (Å²) in [5.41, 5.74) is 7.17. The number of nitrogens with zero attached hydrogens (tertiary/aromatic N) is 1. The van der Waals surface area contributed by atoms with E-state index >= 15 is 0 Å². The number of hydrogen-bond acceptors (Lipinski definition) is 2. The van der Waals surface area contributed by atoms with Crippen LogP contribution in [-0.2, 0) is 0 Å². The highest BCUT2D eigenvalue weighted by Gasteiger charge is 2.04. The van der Waals surface area contributed by atoms with E-state index in [0.717, 1.165) is 11.3 Å². The molecule has 1 rings (SSSR count). The molecule has 1 aromatic rings. The van der Waals surface area contributed by atoms with Gasteiger partial charge in [0.2, 0.25) is 0 Å². The molecule has 3 N–H and O–H groups in total. The van der Waals surface area contributed by atoms with Gasteiger partial charge in [0.05, 0.1) is 0 Å². The van der Waals surface area contributed by atoms with Gasteiger partial charge < -0.3 is 10.6 Å². The number of benzene rings is 1. The van der Waals surface area contributed by atoms with Crippen molar-refractivity contribution in [1.29, 1.82) is 5.41 Å². The van der Waals surface area contributed by atoms with Gasteiger partial charge in [0.25, 0.3) is 0 Å². The molecule has 72 valence electrons. The van der Waals surface area contributed by atoms with Gasteiger partial charge in [0.15, 0.2) is 0 Å². The van der Waals surface area contributed by atoms with E-state index in [1.54, 1.807) is 0 Å². The molecule has 0 unspecified atom stereocenters. The van der Waals surface area contributed by atoms with Crippen LogP contribution in [0, 0.1) is 5.41 Å². The molecule has 0 saturated carbocycles. The van der Waals surface area contributed by atoms with Crippen molar-refractivity contribution >= 4 is 23.9 Å². The SMILES string of the molecule is CN(C)c1ccccc1C(=N)N.Cl. The van der Waals surface area contributed by atoms with Crippen LogP contribution in [0.4, 0.5) is 5.69 Å². The number of hydrogen-bond donors (Lipinski definition) is 2. The van der Waals surface area contributed by atoms with Gasteiger partial charge in [-0.3, -0.25) is 5.41 Å². The summed E-state index contributed by atoms with van der Waals surface area (Å²) in [5, 5.41) is 7.32. The summed E-state index contributed by atoms with van der Waals surface area (Å²) in [6, 6.07) is 7.60. The van der Waals surface area contributed by atoms with Gasteiger partial charge in [-0.05, 0) is 12.1 Å². The monoisotopic (exact) mass is 199 g/mol. The number of anilines is 1. The summed E-state index contributed by atoms with van der Waals surface area (Å²) >= 11 is 0. The van der Waals surface area contributed by atoms with Gasteiger partial charge in [-0.2, -0.15) is 0 Å². The van der Waals surface area contributed by atoms with Crippen molar-refractivity contribution in [1.82, 2.24) is 0 Å². The maximum absolute atomic E-state index is 7.32. The maximum atomic E-state index is 7.32. The Kier molecular flexibility index (Phi) is 4.28.